The minimum atomic E-state index is 0.859. The summed E-state index contributed by atoms with van der Waals surface area (Å²) in [6.45, 7) is 0. The van der Waals surface area contributed by atoms with Crippen LogP contribution in [0.3, 0.4) is 0 Å². The molecule has 0 aliphatic rings. The van der Waals surface area contributed by atoms with Gasteiger partial charge in [0.05, 0.1) is 11.1 Å². The Kier molecular flexibility index (Phi) is 8.19. The normalized spacial score (nSPS) is 11.4. The summed E-state index contributed by atoms with van der Waals surface area (Å²) in [6.07, 6.45) is 0. The van der Waals surface area contributed by atoms with Crippen molar-refractivity contribution in [2.24, 2.45) is 0 Å². The molecule has 1 aromatic heterocycles. The summed E-state index contributed by atoms with van der Waals surface area (Å²) >= 11 is 0. The van der Waals surface area contributed by atoms with Crippen LogP contribution in [0.1, 0.15) is 0 Å². The van der Waals surface area contributed by atoms with Crippen LogP contribution in [0.15, 0.2) is 229 Å². The quantitative estimate of drug-likeness (QED) is 0.162. The van der Waals surface area contributed by atoms with E-state index in [1.165, 1.54) is 60.5 Å². The number of hydrogen-bond acceptors (Lipinski definition) is 2. The molecule has 0 bridgehead atoms. The molecule has 0 unspecified atom stereocenters. The van der Waals surface area contributed by atoms with Crippen LogP contribution < -0.4 is 4.90 Å². The maximum atomic E-state index is 6.61. The van der Waals surface area contributed by atoms with Crippen molar-refractivity contribution in [3.63, 3.8) is 0 Å². The third-order valence-electron chi connectivity index (χ3n) is 11.5. The Labute approximate surface area is 337 Å². The number of rotatable bonds is 7. The number of anilines is 3. The zero-order valence-electron chi connectivity index (χ0n) is 31.7. The lowest BCUT2D eigenvalue weighted by Crippen LogP contribution is -2.10. The van der Waals surface area contributed by atoms with E-state index in [-0.39, 0.29) is 0 Å². The van der Waals surface area contributed by atoms with Crippen LogP contribution in [0, 0.1) is 0 Å². The van der Waals surface area contributed by atoms with E-state index in [1.54, 1.807) is 0 Å². The van der Waals surface area contributed by atoms with Gasteiger partial charge in [-0.15, -0.1) is 0 Å². The average Bonchev–Trinajstić information content (AvgIpc) is 3.68. The highest BCUT2D eigenvalue weighted by Crippen LogP contribution is 2.44. The van der Waals surface area contributed by atoms with Crippen molar-refractivity contribution in [2.75, 3.05) is 4.90 Å². The molecule has 58 heavy (non-hydrogen) atoms. The van der Waals surface area contributed by atoms with Gasteiger partial charge in [0.15, 0.2) is 0 Å². The summed E-state index contributed by atoms with van der Waals surface area (Å²) in [4.78, 5) is 2.36. The van der Waals surface area contributed by atoms with Crippen molar-refractivity contribution in [3.8, 4) is 44.5 Å². The Bertz CT molecular complexity index is 3240. The van der Waals surface area contributed by atoms with Gasteiger partial charge in [-0.05, 0) is 115 Å². The van der Waals surface area contributed by atoms with E-state index >= 15 is 0 Å². The van der Waals surface area contributed by atoms with Crippen LogP contribution >= 0.6 is 0 Å². The van der Waals surface area contributed by atoms with Gasteiger partial charge in [-0.2, -0.15) is 0 Å². The molecule has 0 aliphatic heterocycles. The molecule has 0 spiro atoms. The largest absolute Gasteiger partial charge is 0.456 e. The summed E-state index contributed by atoms with van der Waals surface area (Å²) in [7, 11) is 0. The maximum Gasteiger partial charge on any atom is 0.137 e. The van der Waals surface area contributed by atoms with E-state index in [1.807, 2.05) is 6.07 Å². The van der Waals surface area contributed by atoms with Gasteiger partial charge >= 0.3 is 0 Å². The van der Waals surface area contributed by atoms with Gasteiger partial charge in [0, 0.05) is 16.8 Å². The van der Waals surface area contributed by atoms with Crippen molar-refractivity contribution in [1.82, 2.24) is 0 Å². The minimum absolute atomic E-state index is 0.859. The molecule has 0 aliphatic carbocycles. The predicted molar refractivity (Wildman–Crippen MR) is 245 cm³/mol. The van der Waals surface area contributed by atoms with Crippen LogP contribution in [-0.2, 0) is 0 Å². The van der Waals surface area contributed by atoms with Crippen LogP contribution in [0.5, 0.6) is 0 Å². The van der Waals surface area contributed by atoms with E-state index in [0.717, 1.165) is 44.6 Å². The fourth-order valence-electron chi connectivity index (χ4n) is 8.62. The van der Waals surface area contributed by atoms with Gasteiger partial charge in [-0.3, -0.25) is 0 Å². The van der Waals surface area contributed by atoms with E-state index < -0.39 is 0 Å². The Hall–Kier alpha value is -7.68. The predicted octanol–water partition coefficient (Wildman–Crippen LogP) is 16.0. The van der Waals surface area contributed by atoms with Gasteiger partial charge in [0.2, 0.25) is 0 Å². The molecule has 0 amide bonds. The number of benzene rings is 10. The van der Waals surface area contributed by atoms with Gasteiger partial charge in [-0.25, -0.2) is 0 Å². The first-order chi connectivity index (χ1) is 28.7. The van der Waals surface area contributed by atoms with Crippen molar-refractivity contribution in [1.29, 1.82) is 0 Å². The Morgan fingerprint density at radius 3 is 1.38 bits per heavy atom. The molecule has 0 fully saturated rings. The fraction of sp³-hybridized carbons (Fsp3) is 0. The number of fused-ring (bicyclic) bond motifs is 5. The van der Waals surface area contributed by atoms with Gasteiger partial charge < -0.3 is 9.32 Å². The maximum absolute atomic E-state index is 6.61. The summed E-state index contributed by atoms with van der Waals surface area (Å²) in [6, 6.07) is 80.6. The highest BCUT2D eigenvalue weighted by molar-refractivity contribution is 6.14. The van der Waals surface area contributed by atoms with E-state index in [0.29, 0.717) is 0 Å². The molecule has 11 rings (SSSR count). The number of nitrogens with zero attached hydrogens (tertiary/aromatic N) is 1. The van der Waals surface area contributed by atoms with E-state index in [4.69, 9.17) is 4.42 Å². The second-order valence-electron chi connectivity index (χ2n) is 14.9. The van der Waals surface area contributed by atoms with Crippen molar-refractivity contribution in [3.05, 3.63) is 224 Å². The van der Waals surface area contributed by atoms with Crippen molar-refractivity contribution >= 4 is 60.5 Å². The van der Waals surface area contributed by atoms with Crippen LogP contribution in [-0.4, -0.2) is 0 Å². The van der Waals surface area contributed by atoms with Crippen molar-refractivity contribution in [2.45, 2.75) is 0 Å². The van der Waals surface area contributed by atoms with Gasteiger partial charge in [-0.1, -0.05) is 176 Å². The monoisotopic (exact) mass is 739 g/mol. The molecule has 272 valence electrons. The van der Waals surface area contributed by atoms with Gasteiger partial charge in [0.25, 0.3) is 0 Å². The third-order valence-corrected chi connectivity index (χ3v) is 11.5. The first-order valence-electron chi connectivity index (χ1n) is 19.8. The summed E-state index contributed by atoms with van der Waals surface area (Å²) in [5.41, 5.74) is 14.5. The Morgan fingerprint density at radius 1 is 0.293 bits per heavy atom. The lowest BCUT2D eigenvalue weighted by molar-refractivity contribution is 0.669. The molecule has 1 heterocycles. The van der Waals surface area contributed by atoms with Crippen LogP contribution in [0.4, 0.5) is 17.1 Å². The Balaban J connectivity index is 1.01. The van der Waals surface area contributed by atoms with E-state index in [2.05, 4.69) is 223 Å². The van der Waals surface area contributed by atoms with Gasteiger partial charge in [0.1, 0.15) is 11.2 Å². The zero-order valence-corrected chi connectivity index (χ0v) is 31.7. The topological polar surface area (TPSA) is 16.4 Å². The summed E-state index contributed by atoms with van der Waals surface area (Å²) in [5.74, 6) is 0. The highest BCUT2D eigenvalue weighted by Gasteiger charge is 2.20. The first-order valence-corrected chi connectivity index (χ1v) is 19.8. The number of furan rings is 1. The third kappa shape index (κ3) is 5.91. The standard InChI is InChI=1S/C56H37NO/c1-2-11-38(12-3-1)45-31-36-52-55(37-45)58-54-22-10-21-53(56(52)54)57(47-34-29-44(30-35-47)51-20-9-16-42-14-5-7-18-49(42)51)46-32-27-40(28-33-46)39-23-25-43(26-24-39)50-19-8-15-41-13-4-6-17-48(41)50/h1-37H. The zero-order chi connectivity index (χ0) is 38.4. The molecule has 2 nitrogen and oxygen atoms in total. The fourth-order valence-corrected chi connectivity index (χ4v) is 8.62. The van der Waals surface area contributed by atoms with E-state index in [9.17, 15) is 0 Å². The summed E-state index contributed by atoms with van der Waals surface area (Å²) in [5, 5.41) is 7.18. The Morgan fingerprint density at radius 2 is 0.759 bits per heavy atom. The lowest BCUT2D eigenvalue weighted by atomic mass is 9.96. The van der Waals surface area contributed by atoms with Crippen LogP contribution in [0.2, 0.25) is 0 Å². The molecule has 0 saturated carbocycles. The SMILES string of the molecule is c1ccc(-c2ccc3c(c2)oc2cccc(N(c4ccc(-c5ccc(-c6cccc7ccccc67)cc5)cc4)c4ccc(-c5cccc6ccccc56)cc4)c23)cc1. The molecule has 0 saturated heterocycles. The summed E-state index contributed by atoms with van der Waals surface area (Å²) < 4.78 is 6.61. The molecule has 11 aromatic rings. The average molecular weight is 740 g/mol. The lowest BCUT2D eigenvalue weighted by Gasteiger charge is -2.26. The molecular weight excluding hydrogens is 703 g/mol. The minimum Gasteiger partial charge on any atom is -0.456 e. The molecule has 0 radical (unpaired) electrons. The van der Waals surface area contributed by atoms with Crippen LogP contribution in [0.25, 0.3) is 88.0 Å². The molecule has 0 atom stereocenters. The first kappa shape index (κ1) is 33.6. The smallest absolute Gasteiger partial charge is 0.137 e. The van der Waals surface area contributed by atoms with Crippen molar-refractivity contribution < 1.29 is 4.42 Å². The second kappa shape index (κ2) is 14.1. The highest BCUT2D eigenvalue weighted by atomic mass is 16.3. The molecule has 2 heteroatoms. The molecular formula is C56H37NO. The molecule has 0 N–H and O–H groups in total. The number of hydrogen-bond donors (Lipinski definition) is 0. The molecule has 10 aromatic carbocycles. The second-order valence-corrected chi connectivity index (χ2v) is 14.9.